The van der Waals surface area contributed by atoms with Gasteiger partial charge in [-0.3, -0.25) is 14.0 Å². The maximum atomic E-state index is 12.4. The second-order valence-electron chi connectivity index (χ2n) is 5.92. The number of amides is 1. The van der Waals surface area contributed by atoms with Crippen LogP contribution in [-0.2, 0) is 0 Å². The molecule has 22 heavy (non-hydrogen) atoms. The zero-order valence-corrected chi connectivity index (χ0v) is 12.6. The Morgan fingerprint density at radius 2 is 2.32 bits per heavy atom. The molecule has 2 aromatic rings. The number of carbonyl (C=O) groups is 1. The molecule has 1 fully saturated rings. The lowest BCUT2D eigenvalue weighted by Gasteiger charge is -2.19. The summed E-state index contributed by atoms with van der Waals surface area (Å²) in [5.74, 6) is -0.0689. The SMILES string of the molecule is Cc1ccn2c(=O)c(C(=O)NC3CCCC3CN)cnc2c1. The van der Waals surface area contributed by atoms with Crippen molar-refractivity contribution in [1.29, 1.82) is 0 Å². The van der Waals surface area contributed by atoms with Crippen LogP contribution in [0.5, 0.6) is 0 Å². The standard InChI is InChI=1S/C16H20N4O2/c1-10-5-6-20-14(7-10)18-9-12(16(20)22)15(21)19-13-4-2-3-11(13)8-17/h5-7,9,11,13H,2-4,8,17H2,1H3,(H,19,21). The van der Waals surface area contributed by atoms with E-state index < -0.39 is 0 Å². The average molecular weight is 300 g/mol. The van der Waals surface area contributed by atoms with Gasteiger partial charge in [-0.25, -0.2) is 4.98 Å². The predicted molar refractivity (Wildman–Crippen MR) is 83.8 cm³/mol. The number of fused-ring (bicyclic) bond motifs is 1. The molecule has 0 radical (unpaired) electrons. The number of nitrogens with zero attached hydrogens (tertiary/aromatic N) is 2. The molecule has 0 saturated heterocycles. The molecule has 3 rings (SSSR count). The van der Waals surface area contributed by atoms with Gasteiger partial charge in [0.05, 0.1) is 0 Å². The van der Waals surface area contributed by atoms with E-state index in [9.17, 15) is 9.59 Å². The van der Waals surface area contributed by atoms with Gasteiger partial charge in [-0.15, -0.1) is 0 Å². The van der Waals surface area contributed by atoms with Gasteiger partial charge in [-0.2, -0.15) is 0 Å². The van der Waals surface area contributed by atoms with Crippen molar-refractivity contribution in [3.05, 3.63) is 46.0 Å². The number of rotatable bonds is 3. The van der Waals surface area contributed by atoms with Gasteiger partial charge in [0.2, 0.25) is 0 Å². The van der Waals surface area contributed by atoms with Crippen LogP contribution in [0.4, 0.5) is 0 Å². The third-order valence-electron chi connectivity index (χ3n) is 4.39. The molecule has 2 unspecified atom stereocenters. The Kier molecular flexibility index (Phi) is 3.94. The molecular formula is C16H20N4O2. The van der Waals surface area contributed by atoms with Crippen LogP contribution in [0.3, 0.4) is 0 Å². The number of aryl methyl sites for hydroxylation is 1. The van der Waals surface area contributed by atoms with Crippen molar-refractivity contribution in [2.75, 3.05) is 6.54 Å². The van der Waals surface area contributed by atoms with Crippen molar-refractivity contribution in [3.8, 4) is 0 Å². The second-order valence-corrected chi connectivity index (χ2v) is 5.92. The number of carbonyl (C=O) groups excluding carboxylic acids is 1. The fourth-order valence-corrected chi connectivity index (χ4v) is 3.09. The number of nitrogens with one attached hydrogen (secondary N) is 1. The van der Waals surface area contributed by atoms with E-state index in [1.807, 2.05) is 19.1 Å². The van der Waals surface area contributed by atoms with Crippen LogP contribution in [0.2, 0.25) is 0 Å². The highest BCUT2D eigenvalue weighted by molar-refractivity contribution is 5.94. The van der Waals surface area contributed by atoms with Gasteiger partial charge in [0.1, 0.15) is 11.2 Å². The molecule has 116 valence electrons. The van der Waals surface area contributed by atoms with Gasteiger partial charge in [0.25, 0.3) is 11.5 Å². The highest BCUT2D eigenvalue weighted by Crippen LogP contribution is 2.24. The highest BCUT2D eigenvalue weighted by Gasteiger charge is 2.28. The average Bonchev–Trinajstić information content (AvgIpc) is 2.94. The normalized spacial score (nSPS) is 21.2. The zero-order chi connectivity index (χ0) is 15.7. The van der Waals surface area contributed by atoms with Crippen molar-refractivity contribution in [2.24, 2.45) is 11.7 Å². The predicted octanol–water partition coefficient (Wildman–Crippen LogP) is 0.860. The Bertz CT molecular complexity index is 768. The molecule has 6 nitrogen and oxygen atoms in total. The molecule has 6 heteroatoms. The molecule has 0 aromatic carbocycles. The van der Waals surface area contributed by atoms with Crippen LogP contribution in [0.1, 0.15) is 35.2 Å². The highest BCUT2D eigenvalue weighted by atomic mass is 16.2. The van der Waals surface area contributed by atoms with Crippen LogP contribution in [0.25, 0.3) is 5.65 Å². The Morgan fingerprint density at radius 1 is 1.50 bits per heavy atom. The lowest BCUT2D eigenvalue weighted by atomic mass is 10.0. The minimum absolute atomic E-state index is 0.0515. The van der Waals surface area contributed by atoms with Crippen molar-refractivity contribution < 1.29 is 4.79 Å². The molecule has 1 saturated carbocycles. The molecule has 2 heterocycles. The molecule has 1 aliphatic rings. The minimum Gasteiger partial charge on any atom is -0.349 e. The summed E-state index contributed by atoms with van der Waals surface area (Å²) in [7, 11) is 0. The van der Waals surface area contributed by atoms with Crippen LogP contribution >= 0.6 is 0 Å². The third-order valence-corrected chi connectivity index (χ3v) is 4.39. The van der Waals surface area contributed by atoms with E-state index in [0.29, 0.717) is 18.1 Å². The van der Waals surface area contributed by atoms with Crippen molar-refractivity contribution >= 4 is 11.6 Å². The fraction of sp³-hybridized carbons (Fsp3) is 0.438. The van der Waals surface area contributed by atoms with Crippen LogP contribution in [0.15, 0.2) is 29.3 Å². The van der Waals surface area contributed by atoms with Crippen LogP contribution < -0.4 is 16.6 Å². The summed E-state index contributed by atoms with van der Waals surface area (Å²) in [6.45, 7) is 2.49. The Labute approximate surface area is 128 Å². The van der Waals surface area contributed by atoms with E-state index in [0.717, 1.165) is 24.8 Å². The summed E-state index contributed by atoms with van der Waals surface area (Å²) in [6.07, 6.45) is 6.00. The van der Waals surface area contributed by atoms with Gasteiger partial charge in [0.15, 0.2) is 0 Å². The Balaban J connectivity index is 1.90. The quantitative estimate of drug-likeness (QED) is 0.880. The number of hydrogen-bond donors (Lipinski definition) is 2. The second kappa shape index (κ2) is 5.88. The monoisotopic (exact) mass is 300 g/mol. The summed E-state index contributed by atoms with van der Waals surface area (Å²) in [6, 6.07) is 3.68. The summed E-state index contributed by atoms with van der Waals surface area (Å²) in [5, 5.41) is 2.94. The summed E-state index contributed by atoms with van der Waals surface area (Å²) in [4.78, 5) is 29.0. The summed E-state index contributed by atoms with van der Waals surface area (Å²) >= 11 is 0. The summed E-state index contributed by atoms with van der Waals surface area (Å²) < 4.78 is 1.40. The number of nitrogens with two attached hydrogens (primary N) is 1. The number of pyridine rings is 1. The van der Waals surface area contributed by atoms with Gasteiger partial charge in [-0.1, -0.05) is 6.42 Å². The van der Waals surface area contributed by atoms with Gasteiger partial charge in [-0.05, 0) is 49.9 Å². The molecule has 0 aliphatic heterocycles. The lowest BCUT2D eigenvalue weighted by Crippen LogP contribution is -2.42. The van der Waals surface area contributed by atoms with Gasteiger partial charge < -0.3 is 11.1 Å². The molecule has 0 spiro atoms. The zero-order valence-electron chi connectivity index (χ0n) is 12.6. The lowest BCUT2D eigenvalue weighted by molar-refractivity contribution is 0.0926. The van der Waals surface area contributed by atoms with E-state index in [2.05, 4.69) is 10.3 Å². The van der Waals surface area contributed by atoms with E-state index in [1.54, 1.807) is 6.20 Å². The number of hydrogen-bond acceptors (Lipinski definition) is 4. The maximum absolute atomic E-state index is 12.4. The van der Waals surface area contributed by atoms with Crippen molar-refractivity contribution in [3.63, 3.8) is 0 Å². The topological polar surface area (TPSA) is 89.5 Å². The maximum Gasteiger partial charge on any atom is 0.270 e. The van der Waals surface area contributed by atoms with E-state index in [1.165, 1.54) is 10.6 Å². The number of aromatic nitrogens is 2. The molecule has 0 bridgehead atoms. The Hall–Kier alpha value is -2.21. The third kappa shape index (κ3) is 2.62. The van der Waals surface area contributed by atoms with Crippen molar-refractivity contribution in [2.45, 2.75) is 32.2 Å². The smallest absolute Gasteiger partial charge is 0.270 e. The van der Waals surface area contributed by atoms with Gasteiger partial charge >= 0.3 is 0 Å². The first-order chi connectivity index (χ1) is 10.6. The molecule has 2 aromatic heterocycles. The summed E-state index contributed by atoms with van der Waals surface area (Å²) in [5.41, 5.74) is 7.02. The van der Waals surface area contributed by atoms with Crippen LogP contribution in [-0.4, -0.2) is 27.9 Å². The fourth-order valence-electron chi connectivity index (χ4n) is 3.09. The van der Waals surface area contributed by atoms with E-state index in [-0.39, 0.29) is 23.1 Å². The molecule has 1 amide bonds. The van der Waals surface area contributed by atoms with E-state index in [4.69, 9.17) is 5.73 Å². The molecule has 3 N–H and O–H groups in total. The minimum atomic E-state index is -0.363. The largest absolute Gasteiger partial charge is 0.349 e. The van der Waals surface area contributed by atoms with Crippen LogP contribution in [0, 0.1) is 12.8 Å². The first-order valence-corrected chi connectivity index (χ1v) is 7.59. The van der Waals surface area contributed by atoms with Gasteiger partial charge in [0, 0.05) is 18.4 Å². The molecule has 2 atom stereocenters. The van der Waals surface area contributed by atoms with E-state index >= 15 is 0 Å². The van der Waals surface area contributed by atoms with Crippen molar-refractivity contribution in [1.82, 2.24) is 14.7 Å². The Morgan fingerprint density at radius 3 is 3.09 bits per heavy atom. The molecule has 1 aliphatic carbocycles. The first-order valence-electron chi connectivity index (χ1n) is 7.59. The molecular weight excluding hydrogens is 280 g/mol. The first kappa shape index (κ1) is 14.7.